The molecule has 3 aliphatic rings. The number of hydrogen-bond donors (Lipinski definition) is 0. The molecule has 2 aliphatic heterocycles. The van der Waals surface area contributed by atoms with E-state index in [1.165, 1.54) is 23.3 Å². The largest absolute Gasteiger partial charge is 0.459 e. The fourth-order valence-electron chi connectivity index (χ4n) is 5.82. The summed E-state index contributed by atoms with van der Waals surface area (Å²) in [6.07, 6.45) is -0.0244. The van der Waals surface area contributed by atoms with Crippen LogP contribution in [0, 0.1) is 16.0 Å². The monoisotopic (exact) mass is 532 g/mol. The molecule has 0 N–H and O–H groups in total. The van der Waals surface area contributed by atoms with Crippen molar-refractivity contribution in [1.29, 1.82) is 0 Å². The van der Waals surface area contributed by atoms with Crippen LogP contribution in [0.2, 0.25) is 0 Å². The molecular weight excluding hydrogens is 505 g/mol. The number of nitro groups is 1. The zero-order chi connectivity index (χ0) is 27.0. The van der Waals surface area contributed by atoms with Gasteiger partial charge in [-0.1, -0.05) is 25.0 Å². The second-order valence-electron chi connectivity index (χ2n) is 9.83. The van der Waals surface area contributed by atoms with E-state index in [0.29, 0.717) is 50.3 Å². The number of hydrogen-bond acceptors (Lipinski definition) is 6. The summed E-state index contributed by atoms with van der Waals surface area (Å²) in [7, 11) is 0. The molecule has 2 atom stereocenters. The van der Waals surface area contributed by atoms with E-state index in [1.807, 2.05) is 4.90 Å². The second-order valence-corrected chi connectivity index (χ2v) is 9.83. The lowest BCUT2D eigenvalue weighted by atomic mass is 9.77. The van der Waals surface area contributed by atoms with E-state index >= 15 is 0 Å². The van der Waals surface area contributed by atoms with E-state index in [0.717, 1.165) is 25.0 Å². The first-order chi connectivity index (χ1) is 18.1. The van der Waals surface area contributed by atoms with Crippen molar-refractivity contribution in [2.75, 3.05) is 26.2 Å². The van der Waals surface area contributed by atoms with Crippen molar-refractivity contribution in [3.63, 3.8) is 0 Å². The van der Waals surface area contributed by atoms with E-state index in [-0.39, 0.29) is 30.2 Å². The first kappa shape index (κ1) is 25.8. The summed E-state index contributed by atoms with van der Waals surface area (Å²) in [6, 6.07) is 7.47. The highest BCUT2D eigenvalue weighted by Gasteiger charge is 2.50. The van der Waals surface area contributed by atoms with Gasteiger partial charge in [0.25, 0.3) is 5.91 Å². The average Bonchev–Trinajstić information content (AvgIpc) is 3.44. The third-order valence-electron chi connectivity index (χ3n) is 7.64. The minimum absolute atomic E-state index is 0.00577. The van der Waals surface area contributed by atoms with Gasteiger partial charge < -0.3 is 19.1 Å². The zero-order valence-electron chi connectivity index (χ0n) is 20.5. The van der Waals surface area contributed by atoms with Gasteiger partial charge in [0.15, 0.2) is 5.76 Å². The number of piperazine rings is 1. The van der Waals surface area contributed by atoms with Gasteiger partial charge in [-0.15, -0.1) is 0 Å². The molecule has 1 saturated heterocycles. The number of rotatable bonds is 5. The van der Waals surface area contributed by atoms with Crippen LogP contribution in [0.25, 0.3) is 0 Å². The Morgan fingerprint density at radius 2 is 1.74 bits per heavy atom. The van der Waals surface area contributed by atoms with Gasteiger partial charge in [0.05, 0.1) is 16.7 Å². The fourth-order valence-corrected chi connectivity index (χ4v) is 5.82. The Labute approximate surface area is 216 Å². The van der Waals surface area contributed by atoms with E-state index in [1.54, 1.807) is 17.0 Å². The predicted octanol–water partition coefficient (Wildman–Crippen LogP) is 4.15. The van der Waals surface area contributed by atoms with Crippen LogP contribution in [0.3, 0.4) is 0 Å². The van der Waals surface area contributed by atoms with Crippen molar-refractivity contribution in [2.45, 2.75) is 44.4 Å². The molecule has 2 amide bonds. The zero-order valence-corrected chi connectivity index (χ0v) is 20.5. The molecule has 5 rings (SSSR count). The van der Waals surface area contributed by atoms with Gasteiger partial charge in [-0.25, -0.2) is 0 Å². The highest BCUT2D eigenvalue weighted by Crippen LogP contribution is 2.42. The number of carbonyl (C=O) groups excluding carboxylic acids is 2. The molecule has 2 unspecified atom stereocenters. The molecule has 1 aromatic heterocycles. The van der Waals surface area contributed by atoms with Crippen LogP contribution < -0.4 is 0 Å². The third-order valence-corrected chi connectivity index (χ3v) is 7.64. The van der Waals surface area contributed by atoms with E-state index in [9.17, 15) is 32.9 Å². The number of alkyl halides is 3. The highest BCUT2D eigenvalue weighted by atomic mass is 19.4. The number of furan rings is 1. The summed E-state index contributed by atoms with van der Waals surface area (Å²) in [6.45, 7) is 1.33. The summed E-state index contributed by atoms with van der Waals surface area (Å²) in [5.41, 5.74) is -0.379. The van der Waals surface area contributed by atoms with Crippen LogP contribution >= 0.6 is 0 Å². The van der Waals surface area contributed by atoms with Crippen molar-refractivity contribution >= 4 is 11.8 Å². The molecule has 0 radical (unpaired) electrons. The number of amides is 2. The van der Waals surface area contributed by atoms with Gasteiger partial charge in [0.2, 0.25) is 0 Å². The average molecular weight is 533 g/mol. The lowest BCUT2D eigenvalue weighted by molar-refractivity contribution is -0.424. The van der Waals surface area contributed by atoms with Gasteiger partial charge in [-0.3, -0.25) is 19.7 Å². The molecule has 1 aromatic carbocycles. The van der Waals surface area contributed by atoms with E-state index in [4.69, 9.17) is 4.42 Å². The number of benzene rings is 1. The molecule has 2 aromatic rings. The molecule has 2 fully saturated rings. The topological polar surface area (TPSA) is 100 Å². The number of nitrogens with zero attached hydrogens (tertiary/aromatic N) is 4. The molecule has 0 bridgehead atoms. The summed E-state index contributed by atoms with van der Waals surface area (Å²) >= 11 is 0. The normalized spacial score (nSPS) is 22.5. The third kappa shape index (κ3) is 4.86. The Bertz CT molecular complexity index is 1230. The maximum Gasteiger partial charge on any atom is 0.416 e. The van der Waals surface area contributed by atoms with E-state index < -0.39 is 28.3 Å². The SMILES string of the molecule is O=C(c1ccco1)N1CCN(C2=C([N+](=O)[O-])C(=O)N(Cc3ccc(C(F)(F)F)cc3)C3CCCCC23)CC1. The molecule has 1 saturated carbocycles. The molecule has 3 heterocycles. The van der Waals surface area contributed by atoms with Gasteiger partial charge in [-0.05, 0) is 42.7 Å². The summed E-state index contributed by atoms with van der Waals surface area (Å²) in [4.78, 5) is 42.8. The van der Waals surface area contributed by atoms with Crippen LogP contribution in [0.5, 0.6) is 0 Å². The minimum Gasteiger partial charge on any atom is -0.459 e. The molecule has 202 valence electrons. The number of carbonyl (C=O) groups is 2. The summed E-state index contributed by atoms with van der Waals surface area (Å²) in [5.74, 6) is -1.01. The first-order valence-corrected chi connectivity index (χ1v) is 12.6. The van der Waals surface area contributed by atoms with Gasteiger partial charge >= 0.3 is 17.8 Å². The minimum atomic E-state index is -4.48. The maximum absolute atomic E-state index is 13.6. The Morgan fingerprint density at radius 1 is 1.05 bits per heavy atom. The molecule has 38 heavy (non-hydrogen) atoms. The maximum atomic E-state index is 13.6. The lowest BCUT2D eigenvalue weighted by Gasteiger charge is -2.47. The van der Waals surface area contributed by atoms with Crippen LogP contribution in [-0.2, 0) is 17.5 Å². The summed E-state index contributed by atoms with van der Waals surface area (Å²) < 4.78 is 44.2. The lowest BCUT2D eigenvalue weighted by Crippen LogP contribution is -2.57. The van der Waals surface area contributed by atoms with Crippen LogP contribution in [0.4, 0.5) is 13.2 Å². The van der Waals surface area contributed by atoms with Crippen molar-refractivity contribution < 1.29 is 32.1 Å². The Kier molecular flexibility index (Phi) is 6.89. The molecule has 12 heteroatoms. The standard InChI is InChI=1S/C26H27F3N4O5/c27-26(28,29)18-9-7-17(8-10-18)16-32-20-5-2-1-4-19(20)22(23(25(32)35)33(36)37)30-11-13-31(14-12-30)24(34)21-6-3-15-38-21/h3,6-10,15,19-20H,1-2,4-5,11-14,16H2. The predicted molar refractivity (Wildman–Crippen MR) is 128 cm³/mol. The Morgan fingerprint density at radius 3 is 2.34 bits per heavy atom. The fraction of sp³-hybridized carbons (Fsp3) is 0.462. The molecule has 9 nitrogen and oxygen atoms in total. The summed E-state index contributed by atoms with van der Waals surface area (Å²) in [5, 5.41) is 12.2. The smallest absolute Gasteiger partial charge is 0.416 e. The van der Waals surface area contributed by atoms with Crippen molar-refractivity contribution in [2.24, 2.45) is 5.92 Å². The number of halogens is 3. The van der Waals surface area contributed by atoms with E-state index in [2.05, 4.69) is 0 Å². The molecular formula is C26H27F3N4O5. The van der Waals surface area contributed by atoms with Gasteiger partial charge in [0, 0.05) is 44.7 Å². The van der Waals surface area contributed by atoms with Gasteiger partial charge in [-0.2, -0.15) is 13.2 Å². The number of fused-ring (bicyclic) bond motifs is 1. The van der Waals surface area contributed by atoms with Crippen LogP contribution in [0.15, 0.2) is 58.5 Å². The second kappa shape index (κ2) is 10.1. The Balaban J connectivity index is 1.40. The molecule has 0 spiro atoms. The van der Waals surface area contributed by atoms with Crippen molar-refractivity contribution in [3.8, 4) is 0 Å². The quantitative estimate of drug-likeness (QED) is 0.424. The van der Waals surface area contributed by atoms with Crippen LogP contribution in [-0.4, -0.2) is 63.7 Å². The van der Waals surface area contributed by atoms with Gasteiger partial charge in [0.1, 0.15) is 5.70 Å². The van der Waals surface area contributed by atoms with Crippen LogP contribution in [0.1, 0.15) is 47.4 Å². The van der Waals surface area contributed by atoms with Crippen molar-refractivity contribution in [1.82, 2.24) is 14.7 Å². The first-order valence-electron chi connectivity index (χ1n) is 12.6. The highest BCUT2D eigenvalue weighted by molar-refractivity contribution is 5.93. The van der Waals surface area contributed by atoms with Crippen molar-refractivity contribution in [3.05, 3.63) is 81.1 Å². The Hall–Kier alpha value is -3.83. The molecule has 1 aliphatic carbocycles.